The van der Waals surface area contributed by atoms with Crippen LogP contribution in [0.2, 0.25) is 0 Å². The van der Waals surface area contributed by atoms with Gasteiger partial charge in [0.05, 0.1) is 6.26 Å². The summed E-state index contributed by atoms with van der Waals surface area (Å²) in [5, 5.41) is 10.7. The molecule has 2 aromatic heterocycles. The van der Waals surface area contributed by atoms with Crippen molar-refractivity contribution in [1.82, 2.24) is 20.4 Å². The molecule has 0 aliphatic rings. The van der Waals surface area contributed by atoms with E-state index in [0.29, 0.717) is 6.54 Å². The third-order valence-electron chi connectivity index (χ3n) is 3.15. The first-order valence-corrected chi connectivity index (χ1v) is 7.31. The summed E-state index contributed by atoms with van der Waals surface area (Å²) >= 11 is 0. The van der Waals surface area contributed by atoms with Crippen molar-refractivity contribution in [3.63, 3.8) is 0 Å². The summed E-state index contributed by atoms with van der Waals surface area (Å²) in [7, 11) is 1.96. The fraction of sp³-hybridized carbons (Fsp3) is 0.467. The van der Waals surface area contributed by atoms with Crippen LogP contribution in [0, 0.1) is 0 Å². The lowest BCUT2D eigenvalue weighted by molar-refractivity contribution is 0.510. The predicted molar refractivity (Wildman–Crippen MR) is 83.3 cm³/mol. The highest BCUT2D eigenvalue weighted by atomic mass is 16.3. The Labute approximate surface area is 125 Å². The monoisotopic (exact) mass is 289 g/mol. The van der Waals surface area contributed by atoms with Crippen LogP contribution >= 0.6 is 0 Å². The number of nitrogens with one attached hydrogen (secondary N) is 2. The van der Waals surface area contributed by atoms with Crippen molar-refractivity contribution < 1.29 is 4.42 Å². The summed E-state index contributed by atoms with van der Waals surface area (Å²) in [6.07, 6.45) is 5.23. The molecule has 2 rings (SSSR count). The van der Waals surface area contributed by atoms with Gasteiger partial charge in [0.15, 0.2) is 5.96 Å². The molecule has 0 saturated heterocycles. The zero-order valence-corrected chi connectivity index (χ0v) is 12.7. The summed E-state index contributed by atoms with van der Waals surface area (Å²) in [6.45, 7) is 4.43. The number of guanidine groups is 1. The van der Waals surface area contributed by atoms with Crippen molar-refractivity contribution >= 4 is 5.96 Å². The number of furan rings is 1. The van der Waals surface area contributed by atoms with Gasteiger partial charge >= 0.3 is 0 Å². The first-order valence-electron chi connectivity index (χ1n) is 7.31. The van der Waals surface area contributed by atoms with Gasteiger partial charge in [-0.1, -0.05) is 0 Å². The number of nitrogens with zero attached hydrogens (tertiary/aromatic N) is 3. The van der Waals surface area contributed by atoms with E-state index < -0.39 is 0 Å². The van der Waals surface area contributed by atoms with Crippen molar-refractivity contribution in [3.8, 4) is 0 Å². The van der Waals surface area contributed by atoms with E-state index in [0.717, 1.165) is 37.7 Å². The molecule has 0 fully saturated rings. The van der Waals surface area contributed by atoms with Gasteiger partial charge in [0.25, 0.3) is 0 Å². The molecule has 0 atom stereocenters. The maximum atomic E-state index is 5.30. The molecule has 0 bridgehead atoms. The largest absolute Gasteiger partial charge is 0.469 e. The lowest BCUT2D eigenvalue weighted by Gasteiger charge is -2.11. The summed E-state index contributed by atoms with van der Waals surface area (Å²) in [5.41, 5.74) is 1.20. The first kappa shape index (κ1) is 15.2. The first-order chi connectivity index (χ1) is 10.3. The van der Waals surface area contributed by atoms with Crippen molar-refractivity contribution in [2.75, 3.05) is 19.6 Å². The van der Waals surface area contributed by atoms with Crippen molar-refractivity contribution in [1.29, 1.82) is 0 Å². The molecule has 0 amide bonds. The summed E-state index contributed by atoms with van der Waals surface area (Å²) in [6, 6.07) is 5.90. The number of hydrogen-bond acceptors (Lipinski definition) is 3. The van der Waals surface area contributed by atoms with E-state index in [1.54, 1.807) is 6.26 Å². The molecule has 6 heteroatoms. The second-order valence-electron chi connectivity index (χ2n) is 4.71. The Hall–Kier alpha value is -2.24. The smallest absolute Gasteiger partial charge is 0.191 e. The summed E-state index contributed by atoms with van der Waals surface area (Å²) < 4.78 is 7.19. The molecule has 0 aliphatic carbocycles. The predicted octanol–water partition coefficient (Wildman–Crippen LogP) is 1.35. The molecule has 2 heterocycles. The molecular weight excluding hydrogens is 266 g/mol. The van der Waals surface area contributed by atoms with Gasteiger partial charge in [-0.15, -0.1) is 0 Å². The lowest BCUT2D eigenvalue weighted by atomic mass is 10.3. The van der Waals surface area contributed by atoms with Gasteiger partial charge in [-0.05, 0) is 25.1 Å². The van der Waals surface area contributed by atoms with Crippen LogP contribution in [0.15, 0.2) is 40.1 Å². The zero-order chi connectivity index (χ0) is 14.9. The molecule has 0 radical (unpaired) electrons. The van der Waals surface area contributed by atoms with E-state index in [9.17, 15) is 0 Å². The lowest BCUT2D eigenvalue weighted by Crippen LogP contribution is -2.38. The zero-order valence-electron chi connectivity index (χ0n) is 12.7. The molecule has 0 spiro atoms. The molecule has 21 heavy (non-hydrogen) atoms. The van der Waals surface area contributed by atoms with Gasteiger partial charge in [-0.2, -0.15) is 5.10 Å². The van der Waals surface area contributed by atoms with E-state index >= 15 is 0 Å². The van der Waals surface area contributed by atoms with Crippen LogP contribution in [0.25, 0.3) is 0 Å². The maximum Gasteiger partial charge on any atom is 0.191 e. The van der Waals surface area contributed by atoms with E-state index in [4.69, 9.17) is 4.42 Å². The number of hydrogen-bond donors (Lipinski definition) is 2. The highest BCUT2D eigenvalue weighted by molar-refractivity contribution is 5.79. The van der Waals surface area contributed by atoms with Crippen molar-refractivity contribution in [2.24, 2.45) is 12.0 Å². The molecule has 0 saturated carbocycles. The molecule has 2 aromatic rings. The number of aromatic nitrogens is 2. The Morgan fingerprint density at radius 2 is 2.24 bits per heavy atom. The van der Waals surface area contributed by atoms with Crippen molar-refractivity contribution in [3.05, 3.63) is 42.1 Å². The van der Waals surface area contributed by atoms with E-state index in [-0.39, 0.29) is 0 Å². The number of aryl methyl sites for hydroxylation is 1. The Bertz CT molecular complexity index is 544. The molecular formula is C15H23N5O. The fourth-order valence-electron chi connectivity index (χ4n) is 2.03. The Morgan fingerprint density at radius 1 is 1.33 bits per heavy atom. The van der Waals surface area contributed by atoms with Gasteiger partial charge in [0, 0.05) is 51.4 Å². The molecule has 2 N–H and O–H groups in total. The Balaban J connectivity index is 1.76. The van der Waals surface area contributed by atoms with E-state index in [1.807, 2.05) is 36.1 Å². The Kier molecular flexibility index (Phi) is 5.87. The topological polar surface area (TPSA) is 67.4 Å². The maximum absolute atomic E-state index is 5.30. The summed E-state index contributed by atoms with van der Waals surface area (Å²) in [5.74, 6) is 1.80. The van der Waals surface area contributed by atoms with Crippen LogP contribution in [0.5, 0.6) is 0 Å². The number of rotatable bonds is 7. The average Bonchev–Trinajstić information content (AvgIpc) is 3.11. The normalized spacial score (nSPS) is 11.6. The van der Waals surface area contributed by atoms with Crippen LogP contribution in [-0.4, -0.2) is 35.4 Å². The summed E-state index contributed by atoms with van der Waals surface area (Å²) in [4.78, 5) is 4.54. The van der Waals surface area contributed by atoms with Crippen molar-refractivity contribution in [2.45, 2.75) is 19.8 Å². The molecule has 114 valence electrons. The van der Waals surface area contributed by atoms with Gasteiger partial charge in [0.2, 0.25) is 0 Å². The van der Waals surface area contributed by atoms with Crippen LogP contribution in [0.4, 0.5) is 0 Å². The van der Waals surface area contributed by atoms with Crippen LogP contribution in [0.3, 0.4) is 0 Å². The van der Waals surface area contributed by atoms with Crippen LogP contribution in [0.1, 0.15) is 18.4 Å². The Morgan fingerprint density at radius 3 is 2.90 bits per heavy atom. The SMILES string of the molecule is CCNC(=NCCc1ccco1)NCCc1ccnn1C. The fourth-order valence-corrected chi connectivity index (χ4v) is 2.03. The quantitative estimate of drug-likeness (QED) is 0.596. The van der Waals surface area contributed by atoms with Gasteiger partial charge in [-0.25, -0.2) is 0 Å². The minimum absolute atomic E-state index is 0.703. The van der Waals surface area contributed by atoms with Gasteiger partial charge in [0.1, 0.15) is 5.76 Å². The van der Waals surface area contributed by atoms with E-state index in [2.05, 4.69) is 27.6 Å². The minimum atomic E-state index is 0.703. The highest BCUT2D eigenvalue weighted by Crippen LogP contribution is 2.00. The molecule has 0 aromatic carbocycles. The van der Waals surface area contributed by atoms with Crippen LogP contribution < -0.4 is 10.6 Å². The van der Waals surface area contributed by atoms with Crippen LogP contribution in [-0.2, 0) is 19.9 Å². The molecule has 0 unspecified atom stereocenters. The molecule has 0 aliphatic heterocycles. The van der Waals surface area contributed by atoms with Gasteiger partial charge < -0.3 is 15.1 Å². The third kappa shape index (κ3) is 4.98. The third-order valence-corrected chi connectivity index (χ3v) is 3.15. The number of aliphatic imine (C=N–C) groups is 1. The standard InChI is InChI=1S/C15H23N5O/c1-3-16-15(18-10-8-14-5-4-12-21-14)17-9-6-13-7-11-19-20(13)2/h4-5,7,11-12H,3,6,8-10H2,1-2H3,(H2,16,17,18). The second kappa shape index (κ2) is 8.14. The van der Waals surface area contributed by atoms with E-state index in [1.165, 1.54) is 5.69 Å². The van der Waals surface area contributed by atoms with Gasteiger partial charge in [-0.3, -0.25) is 9.67 Å². The molecule has 6 nitrogen and oxygen atoms in total. The average molecular weight is 289 g/mol. The highest BCUT2D eigenvalue weighted by Gasteiger charge is 2.01. The second-order valence-corrected chi connectivity index (χ2v) is 4.71. The minimum Gasteiger partial charge on any atom is -0.469 e.